The molecule has 2 bridgehead atoms. The van der Waals surface area contributed by atoms with Crippen LogP contribution in [0.1, 0.15) is 36.8 Å². The first kappa shape index (κ1) is 12.4. The van der Waals surface area contributed by atoms with Gasteiger partial charge in [-0.2, -0.15) is 11.8 Å². The van der Waals surface area contributed by atoms with Crippen LogP contribution in [0.5, 0.6) is 5.75 Å². The van der Waals surface area contributed by atoms with Gasteiger partial charge in [-0.25, -0.2) is 0 Å². The maximum absolute atomic E-state index is 11.0. The molecule has 0 aliphatic carbocycles. The summed E-state index contributed by atoms with van der Waals surface area (Å²) < 4.78 is 5.47. The fourth-order valence-corrected chi connectivity index (χ4v) is 5.15. The van der Waals surface area contributed by atoms with Crippen molar-refractivity contribution >= 4 is 11.8 Å². The molecule has 98 valence electrons. The minimum absolute atomic E-state index is 0.625. The monoisotopic (exact) mass is 264 g/mol. The zero-order valence-corrected chi connectivity index (χ0v) is 11.8. The minimum Gasteiger partial charge on any atom is -0.496 e. The van der Waals surface area contributed by atoms with Crippen molar-refractivity contribution in [2.75, 3.05) is 7.11 Å². The van der Waals surface area contributed by atoms with E-state index in [0.717, 1.165) is 24.2 Å². The van der Waals surface area contributed by atoms with Crippen LogP contribution in [0.2, 0.25) is 0 Å². The summed E-state index contributed by atoms with van der Waals surface area (Å²) in [5, 5.41) is 12.3. The van der Waals surface area contributed by atoms with Crippen molar-refractivity contribution in [3.05, 3.63) is 29.3 Å². The van der Waals surface area contributed by atoms with Crippen LogP contribution in [0.3, 0.4) is 0 Å². The average Bonchev–Trinajstić information content (AvgIpc) is 2.68. The fraction of sp³-hybridized carbons (Fsp3) is 0.600. The van der Waals surface area contributed by atoms with Gasteiger partial charge in [-0.15, -0.1) is 0 Å². The lowest BCUT2D eigenvalue weighted by molar-refractivity contribution is 0.0174. The van der Waals surface area contributed by atoms with Crippen molar-refractivity contribution < 1.29 is 9.84 Å². The summed E-state index contributed by atoms with van der Waals surface area (Å²) in [5.41, 5.74) is 1.47. The predicted molar refractivity (Wildman–Crippen MR) is 75.3 cm³/mol. The van der Waals surface area contributed by atoms with Gasteiger partial charge >= 0.3 is 0 Å². The number of hydrogen-bond donors (Lipinski definition) is 1. The van der Waals surface area contributed by atoms with E-state index in [1.807, 2.05) is 12.1 Å². The van der Waals surface area contributed by atoms with E-state index in [0.29, 0.717) is 10.5 Å². The van der Waals surface area contributed by atoms with Gasteiger partial charge in [0.2, 0.25) is 0 Å². The van der Waals surface area contributed by atoms with E-state index in [9.17, 15) is 5.11 Å². The molecule has 1 aromatic rings. The molecule has 2 aliphatic heterocycles. The number of methoxy groups -OCH3 is 1. The number of ether oxygens (including phenoxy) is 1. The maximum Gasteiger partial charge on any atom is 0.125 e. The molecule has 2 fully saturated rings. The maximum atomic E-state index is 11.0. The van der Waals surface area contributed by atoms with Crippen LogP contribution < -0.4 is 4.74 Å². The van der Waals surface area contributed by atoms with Gasteiger partial charge in [0.15, 0.2) is 0 Å². The van der Waals surface area contributed by atoms with Crippen LogP contribution in [0.25, 0.3) is 0 Å². The number of rotatable bonds is 2. The highest BCUT2D eigenvalue weighted by Crippen LogP contribution is 2.52. The van der Waals surface area contributed by atoms with E-state index in [4.69, 9.17) is 4.74 Å². The molecule has 2 heterocycles. The number of benzene rings is 1. The van der Waals surface area contributed by atoms with Gasteiger partial charge in [0.05, 0.1) is 12.7 Å². The Morgan fingerprint density at radius 1 is 1.28 bits per heavy atom. The van der Waals surface area contributed by atoms with Gasteiger partial charge in [0.1, 0.15) is 5.75 Å². The highest BCUT2D eigenvalue weighted by Gasteiger charge is 2.45. The van der Waals surface area contributed by atoms with E-state index < -0.39 is 5.60 Å². The standard InChI is InChI=1S/C15H20O2S/c1-10-3-6-13(14(7-10)17-2)15(16)8-11-4-5-12(9-15)18-11/h3,6-7,11-12,16H,4-5,8-9H2,1-2H3. The molecule has 0 saturated carbocycles. The molecule has 18 heavy (non-hydrogen) atoms. The third-order valence-electron chi connectivity index (χ3n) is 4.18. The number of aliphatic hydroxyl groups is 1. The van der Waals surface area contributed by atoms with Crippen LogP contribution >= 0.6 is 11.8 Å². The quantitative estimate of drug-likeness (QED) is 0.889. The average molecular weight is 264 g/mol. The fourth-order valence-electron chi connectivity index (χ4n) is 3.32. The Bertz CT molecular complexity index is 446. The lowest BCUT2D eigenvalue weighted by Crippen LogP contribution is -2.35. The Morgan fingerprint density at radius 2 is 1.94 bits per heavy atom. The van der Waals surface area contributed by atoms with E-state index >= 15 is 0 Å². The Hall–Kier alpha value is -0.670. The van der Waals surface area contributed by atoms with Crippen molar-refractivity contribution in [2.45, 2.75) is 48.7 Å². The number of fused-ring (bicyclic) bond motifs is 2. The van der Waals surface area contributed by atoms with Crippen LogP contribution in [-0.2, 0) is 5.60 Å². The molecule has 2 aliphatic rings. The Morgan fingerprint density at radius 3 is 2.56 bits per heavy atom. The predicted octanol–water partition coefficient (Wildman–Crippen LogP) is 3.25. The first-order valence-corrected chi connectivity index (χ1v) is 7.58. The van der Waals surface area contributed by atoms with Crippen molar-refractivity contribution in [2.24, 2.45) is 0 Å². The van der Waals surface area contributed by atoms with Crippen LogP contribution in [-0.4, -0.2) is 22.7 Å². The second-order valence-corrected chi connectivity index (χ2v) is 7.21. The largest absolute Gasteiger partial charge is 0.496 e. The van der Waals surface area contributed by atoms with Gasteiger partial charge < -0.3 is 9.84 Å². The highest BCUT2D eigenvalue weighted by molar-refractivity contribution is 8.00. The molecule has 3 heteroatoms. The van der Waals surface area contributed by atoms with Crippen molar-refractivity contribution in [1.29, 1.82) is 0 Å². The Labute approximate surface area is 113 Å². The zero-order valence-electron chi connectivity index (χ0n) is 11.0. The van der Waals surface area contributed by atoms with E-state index in [2.05, 4.69) is 24.8 Å². The highest BCUT2D eigenvalue weighted by atomic mass is 32.2. The molecule has 2 saturated heterocycles. The van der Waals surface area contributed by atoms with Gasteiger partial charge in [0, 0.05) is 16.1 Å². The summed E-state index contributed by atoms with van der Waals surface area (Å²) in [4.78, 5) is 0. The molecule has 2 nitrogen and oxygen atoms in total. The smallest absolute Gasteiger partial charge is 0.125 e. The van der Waals surface area contributed by atoms with Crippen molar-refractivity contribution in [3.63, 3.8) is 0 Å². The molecular formula is C15H20O2S. The Balaban J connectivity index is 1.98. The Kier molecular flexibility index (Phi) is 3.07. The van der Waals surface area contributed by atoms with Gasteiger partial charge in [-0.1, -0.05) is 12.1 Å². The molecule has 1 aromatic carbocycles. The van der Waals surface area contributed by atoms with Crippen molar-refractivity contribution in [1.82, 2.24) is 0 Å². The molecular weight excluding hydrogens is 244 g/mol. The van der Waals surface area contributed by atoms with Crippen LogP contribution in [0.15, 0.2) is 18.2 Å². The molecule has 3 rings (SSSR count). The summed E-state index contributed by atoms with van der Waals surface area (Å²) >= 11 is 2.07. The lowest BCUT2D eigenvalue weighted by atomic mass is 9.85. The zero-order chi connectivity index (χ0) is 12.8. The molecule has 2 atom stereocenters. The van der Waals surface area contributed by atoms with E-state index in [1.165, 1.54) is 18.4 Å². The van der Waals surface area contributed by atoms with E-state index in [1.54, 1.807) is 7.11 Å². The van der Waals surface area contributed by atoms with Crippen LogP contribution in [0.4, 0.5) is 0 Å². The first-order valence-electron chi connectivity index (χ1n) is 6.64. The minimum atomic E-state index is -0.684. The third kappa shape index (κ3) is 2.04. The SMILES string of the molecule is COc1cc(C)ccc1C1(O)CC2CCC(C1)S2. The summed E-state index contributed by atoms with van der Waals surface area (Å²) in [6, 6.07) is 6.14. The molecule has 2 unspecified atom stereocenters. The normalized spacial score (nSPS) is 34.6. The molecule has 0 radical (unpaired) electrons. The second-order valence-electron chi connectivity index (χ2n) is 5.60. The number of thioether (sulfide) groups is 1. The topological polar surface area (TPSA) is 29.5 Å². The van der Waals surface area contributed by atoms with Crippen molar-refractivity contribution in [3.8, 4) is 5.75 Å². The molecule has 0 amide bonds. The van der Waals surface area contributed by atoms with Gasteiger partial charge in [-0.3, -0.25) is 0 Å². The third-order valence-corrected chi connectivity index (χ3v) is 5.76. The summed E-state index contributed by atoms with van der Waals surface area (Å²) in [5.74, 6) is 0.837. The van der Waals surface area contributed by atoms with E-state index in [-0.39, 0.29) is 0 Å². The molecule has 1 N–H and O–H groups in total. The number of aryl methyl sites for hydroxylation is 1. The van der Waals surface area contributed by atoms with Gasteiger partial charge in [-0.05, 0) is 44.2 Å². The van der Waals surface area contributed by atoms with Gasteiger partial charge in [0.25, 0.3) is 0 Å². The summed E-state index contributed by atoms with van der Waals surface area (Å²) in [6.07, 6.45) is 4.25. The lowest BCUT2D eigenvalue weighted by Gasteiger charge is -2.37. The molecule has 0 spiro atoms. The second kappa shape index (κ2) is 4.46. The first-order chi connectivity index (χ1) is 8.60. The summed E-state index contributed by atoms with van der Waals surface area (Å²) in [6.45, 7) is 2.05. The summed E-state index contributed by atoms with van der Waals surface area (Å²) in [7, 11) is 1.69. The number of hydrogen-bond acceptors (Lipinski definition) is 3. The van der Waals surface area contributed by atoms with Crippen LogP contribution in [0, 0.1) is 6.92 Å². The molecule has 0 aromatic heterocycles.